The molecular weight excluding hydrogens is 402 g/mol. The molecule has 1 aromatic heterocycles. The zero-order chi connectivity index (χ0) is 22.4. The van der Waals surface area contributed by atoms with E-state index < -0.39 is 5.60 Å². The fraction of sp³-hybridized carbons (Fsp3) is 0.538. The minimum absolute atomic E-state index is 0.0243. The zero-order valence-electron chi connectivity index (χ0n) is 19.1. The summed E-state index contributed by atoms with van der Waals surface area (Å²) in [6, 6.07) is 14.1. The number of carbonyl (C=O) groups is 1. The largest absolute Gasteiger partial charge is 0.478 e. The number of amides is 1. The number of benzene rings is 1. The van der Waals surface area contributed by atoms with Crippen molar-refractivity contribution in [3.8, 4) is 5.88 Å². The molecule has 0 spiro atoms. The van der Waals surface area contributed by atoms with Crippen molar-refractivity contribution in [3.63, 3.8) is 0 Å². The molecule has 1 atom stereocenters. The predicted octanol–water partition coefficient (Wildman–Crippen LogP) is 3.29. The van der Waals surface area contributed by atoms with Crippen LogP contribution in [-0.4, -0.2) is 64.2 Å². The Hall–Kier alpha value is -2.44. The van der Waals surface area contributed by atoms with Crippen molar-refractivity contribution in [3.05, 3.63) is 59.8 Å². The molecule has 2 aliphatic heterocycles. The summed E-state index contributed by atoms with van der Waals surface area (Å²) < 4.78 is 5.67. The molecule has 2 aliphatic rings. The van der Waals surface area contributed by atoms with Crippen LogP contribution in [0.15, 0.2) is 48.7 Å². The Morgan fingerprint density at radius 3 is 2.69 bits per heavy atom. The molecule has 0 saturated carbocycles. The first-order valence-electron chi connectivity index (χ1n) is 11.9. The van der Waals surface area contributed by atoms with Gasteiger partial charge >= 0.3 is 0 Å². The summed E-state index contributed by atoms with van der Waals surface area (Å²) in [5.41, 5.74) is 1.51. The van der Waals surface area contributed by atoms with Crippen molar-refractivity contribution >= 4 is 5.91 Å². The zero-order valence-corrected chi connectivity index (χ0v) is 19.1. The SMILES string of the molecule is CCOc1ncccc1CN1CCCC(C(=O)N2CCC(O)(Cc3ccccc3)CC2)C1. The Balaban J connectivity index is 1.31. The molecule has 172 valence electrons. The van der Waals surface area contributed by atoms with Crippen molar-refractivity contribution in [2.24, 2.45) is 5.92 Å². The second kappa shape index (κ2) is 10.5. The maximum atomic E-state index is 13.3. The van der Waals surface area contributed by atoms with Gasteiger partial charge in [-0.15, -0.1) is 0 Å². The summed E-state index contributed by atoms with van der Waals surface area (Å²) in [5, 5.41) is 11.0. The summed E-state index contributed by atoms with van der Waals surface area (Å²) in [7, 11) is 0. The smallest absolute Gasteiger partial charge is 0.226 e. The predicted molar refractivity (Wildman–Crippen MR) is 124 cm³/mol. The van der Waals surface area contributed by atoms with Gasteiger partial charge in [-0.25, -0.2) is 4.98 Å². The molecule has 0 aliphatic carbocycles. The second-order valence-electron chi connectivity index (χ2n) is 9.19. The van der Waals surface area contributed by atoms with E-state index in [1.807, 2.05) is 36.1 Å². The van der Waals surface area contributed by atoms with Crippen LogP contribution in [0.1, 0.15) is 43.7 Å². The third kappa shape index (κ3) is 5.67. The average molecular weight is 438 g/mol. The van der Waals surface area contributed by atoms with Gasteiger partial charge in [-0.2, -0.15) is 0 Å². The Labute approximate surface area is 191 Å². The number of piperidine rings is 2. The third-order valence-electron chi connectivity index (χ3n) is 6.76. The Bertz CT molecular complexity index is 881. The van der Waals surface area contributed by atoms with Gasteiger partial charge in [0.1, 0.15) is 0 Å². The van der Waals surface area contributed by atoms with Crippen molar-refractivity contribution < 1.29 is 14.6 Å². The molecule has 0 radical (unpaired) electrons. The molecule has 2 fully saturated rings. The van der Waals surface area contributed by atoms with E-state index in [0.717, 1.165) is 43.6 Å². The molecule has 2 saturated heterocycles. The molecule has 0 bridgehead atoms. The van der Waals surface area contributed by atoms with Crippen LogP contribution in [0.25, 0.3) is 0 Å². The van der Waals surface area contributed by atoms with Gasteiger partial charge in [0.25, 0.3) is 0 Å². The molecule has 1 amide bonds. The highest BCUT2D eigenvalue weighted by Crippen LogP contribution is 2.29. The first-order valence-corrected chi connectivity index (χ1v) is 11.9. The number of likely N-dealkylation sites (tertiary alicyclic amines) is 2. The number of carbonyl (C=O) groups excluding carboxylic acids is 1. The van der Waals surface area contributed by atoms with Crippen LogP contribution in [0.3, 0.4) is 0 Å². The normalized spacial score (nSPS) is 21.3. The Morgan fingerprint density at radius 1 is 1.16 bits per heavy atom. The number of ether oxygens (including phenoxy) is 1. The second-order valence-corrected chi connectivity index (χ2v) is 9.19. The number of hydrogen-bond acceptors (Lipinski definition) is 5. The summed E-state index contributed by atoms with van der Waals surface area (Å²) in [6.07, 6.45) is 5.64. The molecule has 1 unspecified atom stereocenters. The summed E-state index contributed by atoms with van der Waals surface area (Å²) >= 11 is 0. The van der Waals surface area contributed by atoms with E-state index in [0.29, 0.717) is 44.8 Å². The Morgan fingerprint density at radius 2 is 1.94 bits per heavy atom. The number of hydrogen-bond donors (Lipinski definition) is 1. The number of pyridine rings is 1. The maximum Gasteiger partial charge on any atom is 0.226 e. The van der Waals surface area contributed by atoms with Crippen LogP contribution in [-0.2, 0) is 17.8 Å². The first kappa shape index (κ1) is 22.7. The van der Waals surface area contributed by atoms with E-state index in [9.17, 15) is 9.90 Å². The van der Waals surface area contributed by atoms with E-state index in [4.69, 9.17) is 4.74 Å². The van der Waals surface area contributed by atoms with Gasteiger partial charge in [0.2, 0.25) is 11.8 Å². The third-order valence-corrected chi connectivity index (χ3v) is 6.76. The summed E-state index contributed by atoms with van der Waals surface area (Å²) in [4.78, 5) is 22.0. The Kier molecular flexibility index (Phi) is 7.43. The molecule has 4 rings (SSSR count). The van der Waals surface area contributed by atoms with Crippen LogP contribution in [0, 0.1) is 5.92 Å². The molecule has 6 heteroatoms. The molecule has 1 aromatic carbocycles. The number of nitrogens with zero attached hydrogens (tertiary/aromatic N) is 3. The van der Waals surface area contributed by atoms with Gasteiger partial charge in [-0.05, 0) is 50.8 Å². The van der Waals surface area contributed by atoms with Crippen LogP contribution >= 0.6 is 0 Å². The lowest BCUT2D eigenvalue weighted by Gasteiger charge is -2.41. The van der Waals surface area contributed by atoms with E-state index >= 15 is 0 Å². The van der Waals surface area contributed by atoms with Gasteiger partial charge in [-0.1, -0.05) is 36.4 Å². The minimum Gasteiger partial charge on any atom is -0.478 e. The molecule has 1 N–H and O–H groups in total. The average Bonchev–Trinajstić information content (AvgIpc) is 2.81. The van der Waals surface area contributed by atoms with Crippen LogP contribution < -0.4 is 4.74 Å². The van der Waals surface area contributed by atoms with Crippen LogP contribution in [0.5, 0.6) is 5.88 Å². The van der Waals surface area contributed by atoms with Gasteiger partial charge < -0.3 is 14.7 Å². The van der Waals surface area contributed by atoms with Gasteiger partial charge in [0.15, 0.2) is 0 Å². The highest BCUT2D eigenvalue weighted by atomic mass is 16.5. The molecule has 2 aromatic rings. The lowest BCUT2D eigenvalue weighted by molar-refractivity contribution is -0.141. The fourth-order valence-corrected chi connectivity index (χ4v) is 5.01. The van der Waals surface area contributed by atoms with Crippen molar-refractivity contribution in [2.75, 3.05) is 32.8 Å². The topological polar surface area (TPSA) is 65.9 Å². The van der Waals surface area contributed by atoms with Crippen molar-refractivity contribution in [1.29, 1.82) is 0 Å². The van der Waals surface area contributed by atoms with E-state index in [-0.39, 0.29) is 11.8 Å². The fourth-order valence-electron chi connectivity index (χ4n) is 5.01. The van der Waals surface area contributed by atoms with Gasteiger partial charge in [-0.3, -0.25) is 9.69 Å². The highest BCUT2D eigenvalue weighted by molar-refractivity contribution is 5.79. The van der Waals surface area contributed by atoms with Crippen molar-refractivity contribution in [1.82, 2.24) is 14.8 Å². The maximum absolute atomic E-state index is 13.3. The lowest BCUT2D eigenvalue weighted by Crippen LogP contribution is -2.51. The molecule has 32 heavy (non-hydrogen) atoms. The highest BCUT2D eigenvalue weighted by Gasteiger charge is 2.37. The molecular formula is C26H35N3O3. The minimum atomic E-state index is -0.716. The monoisotopic (exact) mass is 437 g/mol. The lowest BCUT2D eigenvalue weighted by atomic mass is 9.84. The van der Waals surface area contributed by atoms with E-state index in [1.54, 1.807) is 6.20 Å². The van der Waals surface area contributed by atoms with Crippen LogP contribution in [0.4, 0.5) is 0 Å². The number of aliphatic hydroxyl groups is 1. The number of rotatable bonds is 7. The first-order chi connectivity index (χ1) is 15.6. The van der Waals surface area contributed by atoms with Crippen LogP contribution in [0.2, 0.25) is 0 Å². The van der Waals surface area contributed by atoms with E-state index in [2.05, 4.69) is 28.1 Å². The van der Waals surface area contributed by atoms with E-state index in [1.165, 1.54) is 0 Å². The molecule has 3 heterocycles. The van der Waals surface area contributed by atoms with Crippen molar-refractivity contribution in [2.45, 2.75) is 51.2 Å². The molecule has 6 nitrogen and oxygen atoms in total. The van der Waals surface area contributed by atoms with Gasteiger partial charge in [0.05, 0.1) is 18.1 Å². The quantitative estimate of drug-likeness (QED) is 0.720. The van der Waals surface area contributed by atoms with Gasteiger partial charge in [0, 0.05) is 44.4 Å². The summed E-state index contributed by atoms with van der Waals surface area (Å²) in [5.74, 6) is 0.959. The number of aromatic nitrogens is 1. The summed E-state index contributed by atoms with van der Waals surface area (Å²) in [6.45, 7) is 6.34. The standard InChI is InChI=1S/C26H35N3O3/c1-2-32-24-22(10-6-14-27-24)19-28-15-7-11-23(20-28)25(30)29-16-12-26(31,13-17-29)18-21-8-4-3-5-9-21/h3-6,8-10,14,23,31H,2,7,11-13,15-20H2,1H3.